The highest BCUT2D eigenvalue weighted by molar-refractivity contribution is 7.24. The SMILES string of the molecule is CN(CCO)Cc1cccc(C(=O)Nc2sc3c(Cl)c(O)c(Cl)cc3c2C(N)=O)c1. The van der Waals surface area contributed by atoms with Crippen LogP contribution in [0.2, 0.25) is 10.0 Å². The lowest BCUT2D eigenvalue weighted by Gasteiger charge is -2.15. The van der Waals surface area contributed by atoms with Gasteiger partial charge < -0.3 is 21.3 Å². The van der Waals surface area contributed by atoms with E-state index >= 15 is 0 Å². The predicted octanol–water partition coefficient (Wildman–Crippen LogP) is 3.69. The first kappa shape index (κ1) is 22.3. The highest BCUT2D eigenvalue weighted by atomic mass is 35.5. The smallest absolute Gasteiger partial charge is 0.256 e. The van der Waals surface area contributed by atoms with E-state index in [9.17, 15) is 14.7 Å². The third-order valence-electron chi connectivity index (χ3n) is 4.45. The van der Waals surface area contributed by atoms with Gasteiger partial charge in [0, 0.05) is 24.0 Å². The number of primary amides is 1. The number of amides is 2. The number of nitrogens with zero attached hydrogens (tertiary/aromatic N) is 1. The zero-order valence-electron chi connectivity index (χ0n) is 15.9. The van der Waals surface area contributed by atoms with Crippen molar-refractivity contribution in [3.63, 3.8) is 0 Å². The van der Waals surface area contributed by atoms with Gasteiger partial charge in [-0.25, -0.2) is 0 Å². The number of aromatic hydroxyl groups is 1. The van der Waals surface area contributed by atoms with Crippen molar-refractivity contribution in [3.8, 4) is 5.75 Å². The van der Waals surface area contributed by atoms with Gasteiger partial charge in [-0.1, -0.05) is 35.3 Å². The van der Waals surface area contributed by atoms with E-state index in [1.807, 2.05) is 18.0 Å². The van der Waals surface area contributed by atoms with E-state index in [0.29, 0.717) is 28.7 Å². The lowest BCUT2D eigenvalue weighted by atomic mass is 10.1. The van der Waals surface area contributed by atoms with Crippen LogP contribution in [-0.4, -0.2) is 47.1 Å². The number of carbonyl (C=O) groups is 2. The number of halogens is 2. The molecule has 30 heavy (non-hydrogen) atoms. The number of aliphatic hydroxyl groups is 1. The highest BCUT2D eigenvalue weighted by Crippen LogP contribution is 2.46. The summed E-state index contributed by atoms with van der Waals surface area (Å²) in [6.45, 7) is 1.11. The van der Waals surface area contributed by atoms with E-state index in [1.165, 1.54) is 6.07 Å². The van der Waals surface area contributed by atoms with E-state index < -0.39 is 11.8 Å². The highest BCUT2D eigenvalue weighted by Gasteiger charge is 2.23. The van der Waals surface area contributed by atoms with Gasteiger partial charge in [0.1, 0.15) is 10.0 Å². The van der Waals surface area contributed by atoms with Gasteiger partial charge in [-0.2, -0.15) is 0 Å². The summed E-state index contributed by atoms with van der Waals surface area (Å²) in [5, 5.41) is 22.2. The first-order valence-corrected chi connectivity index (χ1v) is 10.4. The maximum absolute atomic E-state index is 12.8. The number of nitrogens with one attached hydrogen (secondary N) is 1. The topological polar surface area (TPSA) is 116 Å². The third-order valence-corrected chi connectivity index (χ3v) is 6.35. The van der Waals surface area contributed by atoms with Crippen molar-refractivity contribution in [1.82, 2.24) is 4.90 Å². The number of phenols is 1. The van der Waals surface area contributed by atoms with Crippen molar-refractivity contribution in [1.29, 1.82) is 0 Å². The quantitative estimate of drug-likeness (QED) is 0.422. The number of fused-ring (bicyclic) bond motifs is 1. The number of phenolic OH excluding ortho intramolecular Hbond substituents is 1. The molecule has 0 spiro atoms. The minimum absolute atomic E-state index is 0.0144. The molecular formula is C20H19Cl2N3O4S. The molecule has 5 N–H and O–H groups in total. The molecule has 0 unspecified atom stereocenters. The van der Waals surface area contributed by atoms with Gasteiger partial charge in [0.05, 0.1) is 21.9 Å². The standard InChI is InChI=1S/C20H19Cl2N3O4S/c1-25(5-6-26)9-10-3-2-4-11(7-10)19(29)24-20-14(18(23)28)12-8-13(21)16(27)15(22)17(12)30-20/h2-4,7-8,26-27H,5-6,9H2,1H3,(H2,23,28)(H,24,29). The molecule has 1 heterocycles. The fraction of sp³-hybridized carbons (Fsp3) is 0.200. The zero-order valence-corrected chi connectivity index (χ0v) is 18.2. The molecule has 0 radical (unpaired) electrons. The van der Waals surface area contributed by atoms with Crippen LogP contribution in [0.15, 0.2) is 30.3 Å². The number of thiophene rings is 1. The summed E-state index contributed by atoms with van der Waals surface area (Å²) < 4.78 is 0.391. The van der Waals surface area contributed by atoms with Crippen LogP contribution in [0.4, 0.5) is 5.00 Å². The summed E-state index contributed by atoms with van der Waals surface area (Å²) in [6.07, 6.45) is 0. The Morgan fingerprint density at radius 2 is 2.00 bits per heavy atom. The van der Waals surface area contributed by atoms with Crippen molar-refractivity contribution in [2.75, 3.05) is 25.5 Å². The summed E-state index contributed by atoms with van der Waals surface area (Å²) in [5.74, 6) is -1.49. The average molecular weight is 468 g/mol. The Hall–Kier alpha value is -2.36. The van der Waals surface area contributed by atoms with Gasteiger partial charge in [0.2, 0.25) is 0 Å². The van der Waals surface area contributed by atoms with Crippen LogP contribution < -0.4 is 11.1 Å². The Bertz CT molecular complexity index is 1130. The maximum atomic E-state index is 12.8. The van der Waals surface area contributed by atoms with Gasteiger partial charge in [-0.3, -0.25) is 14.5 Å². The van der Waals surface area contributed by atoms with E-state index in [1.54, 1.807) is 18.2 Å². The molecule has 2 amide bonds. The molecule has 0 aliphatic rings. The van der Waals surface area contributed by atoms with Crippen molar-refractivity contribution < 1.29 is 19.8 Å². The Morgan fingerprint density at radius 1 is 1.27 bits per heavy atom. The normalized spacial score (nSPS) is 11.2. The second-order valence-electron chi connectivity index (χ2n) is 6.68. The van der Waals surface area contributed by atoms with Gasteiger partial charge in [-0.05, 0) is 30.8 Å². The minimum atomic E-state index is -0.756. The number of nitrogens with two attached hydrogens (primary N) is 1. The lowest BCUT2D eigenvalue weighted by Crippen LogP contribution is -2.22. The van der Waals surface area contributed by atoms with E-state index in [2.05, 4.69) is 5.32 Å². The van der Waals surface area contributed by atoms with Crippen molar-refractivity contribution in [2.45, 2.75) is 6.54 Å². The van der Waals surface area contributed by atoms with Crippen LogP contribution in [0.5, 0.6) is 5.75 Å². The van der Waals surface area contributed by atoms with Gasteiger partial charge in [0.25, 0.3) is 11.8 Å². The second-order valence-corrected chi connectivity index (χ2v) is 8.49. The van der Waals surface area contributed by atoms with Crippen molar-refractivity contribution in [2.24, 2.45) is 5.73 Å². The molecule has 158 valence electrons. The summed E-state index contributed by atoms with van der Waals surface area (Å²) in [6, 6.07) is 8.41. The Morgan fingerprint density at radius 3 is 2.67 bits per heavy atom. The molecule has 2 aromatic carbocycles. The molecule has 3 aromatic rings. The number of aliphatic hydroxyl groups excluding tert-OH is 1. The molecule has 0 aliphatic heterocycles. The van der Waals surface area contributed by atoms with Crippen LogP contribution in [0.1, 0.15) is 26.3 Å². The van der Waals surface area contributed by atoms with Crippen LogP contribution in [-0.2, 0) is 6.54 Å². The largest absolute Gasteiger partial charge is 0.505 e. The average Bonchev–Trinajstić information content (AvgIpc) is 3.04. The first-order valence-electron chi connectivity index (χ1n) is 8.85. The van der Waals surface area contributed by atoms with E-state index in [-0.39, 0.29) is 33.0 Å². The molecule has 0 bridgehead atoms. The molecule has 0 saturated heterocycles. The van der Waals surface area contributed by atoms with Gasteiger partial charge in [-0.15, -0.1) is 11.3 Å². The maximum Gasteiger partial charge on any atom is 0.256 e. The van der Waals surface area contributed by atoms with Crippen molar-refractivity contribution >= 4 is 61.4 Å². The monoisotopic (exact) mass is 467 g/mol. The summed E-state index contributed by atoms with van der Waals surface area (Å²) in [7, 11) is 1.86. The fourth-order valence-electron chi connectivity index (χ4n) is 3.03. The van der Waals surface area contributed by atoms with E-state index in [4.69, 9.17) is 34.0 Å². The first-order chi connectivity index (χ1) is 14.2. The minimum Gasteiger partial charge on any atom is -0.505 e. The lowest BCUT2D eigenvalue weighted by molar-refractivity contribution is 0.100. The van der Waals surface area contributed by atoms with Crippen LogP contribution in [0, 0.1) is 0 Å². The van der Waals surface area contributed by atoms with Crippen LogP contribution >= 0.6 is 34.5 Å². The third kappa shape index (κ3) is 4.53. The molecule has 10 heteroatoms. The van der Waals surface area contributed by atoms with Gasteiger partial charge >= 0.3 is 0 Å². The van der Waals surface area contributed by atoms with E-state index in [0.717, 1.165) is 16.9 Å². The zero-order chi connectivity index (χ0) is 22.0. The summed E-state index contributed by atoms with van der Waals surface area (Å²) in [5.41, 5.74) is 6.89. The molecule has 1 aromatic heterocycles. The fourth-order valence-corrected chi connectivity index (χ4v) is 4.72. The number of likely N-dealkylation sites (N-methyl/N-ethyl adjacent to an activating group) is 1. The summed E-state index contributed by atoms with van der Waals surface area (Å²) >= 11 is 13.2. The Kier molecular flexibility index (Phi) is 6.84. The second kappa shape index (κ2) is 9.20. The predicted molar refractivity (Wildman–Crippen MR) is 120 cm³/mol. The van der Waals surface area contributed by atoms with Gasteiger partial charge in [0.15, 0.2) is 5.75 Å². The Labute approximate surface area is 186 Å². The van der Waals surface area contributed by atoms with Crippen LogP contribution in [0.3, 0.4) is 0 Å². The molecule has 7 nitrogen and oxygen atoms in total. The van der Waals surface area contributed by atoms with Crippen LogP contribution in [0.25, 0.3) is 10.1 Å². The molecule has 3 rings (SSSR count). The number of anilines is 1. The number of benzene rings is 2. The van der Waals surface area contributed by atoms with Crippen molar-refractivity contribution in [3.05, 3.63) is 57.1 Å². The number of carbonyl (C=O) groups excluding carboxylic acids is 2. The Balaban J connectivity index is 1.95. The molecule has 0 saturated carbocycles. The molecule has 0 aliphatic carbocycles. The number of hydrogen-bond acceptors (Lipinski definition) is 6. The number of rotatable bonds is 7. The molecule has 0 atom stereocenters. The molecular weight excluding hydrogens is 449 g/mol. The number of hydrogen-bond donors (Lipinski definition) is 4. The molecule has 0 fully saturated rings. The summed E-state index contributed by atoms with van der Waals surface area (Å²) in [4.78, 5) is 26.8.